The molecule has 2 aromatic carbocycles. The summed E-state index contributed by atoms with van der Waals surface area (Å²) in [5.74, 6) is 0.0709. The summed E-state index contributed by atoms with van der Waals surface area (Å²) in [6.45, 7) is 4.42. The molecule has 0 aromatic heterocycles. The van der Waals surface area contributed by atoms with E-state index in [9.17, 15) is 13.2 Å². The Morgan fingerprint density at radius 2 is 1.68 bits per heavy atom. The molecular formula is C21H25N3O3S. The van der Waals surface area contributed by atoms with Crippen molar-refractivity contribution in [3.8, 4) is 0 Å². The third-order valence-electron chi connectivity index (χ3n) is 5.54. The molecule has 6 nitrogen and oxygen atoms in total. The molecule has 1 amide bonds. The maximum atomic E-state index is 12.6. The van der Waals surface area contributed by atoms with Crippen molar-refractivity contribution in [1.29, 1.82) is 0 Å². The molecule has 0 spiro atoms. The van der Waals surface area contributed by atoms with Crippen LogP contribution in [-0.4, -0.2) is 42.4 Å². The average Bonchev–Trinajstić information content (AvgIpc) is 3.09. The molecule has 2 heterocycles. The molecule has 148 valence electrons. The Labute approximate surface area is 166 Å². The van der Waals surface area contributed by atoms with Crippen LogP contribution in [0, 0.1) is 0 Å². The maximum Gasteiger partial charge on any atom is 0.238 e. The van der Waals surface area contributed by atoms with Crippen molar-refractivity contribution in [3.63, 3.8) is 0 Å². The van der Waals surface area contributed by atoms with Crippen molar-refractivity contribution in [2.45, 2.75) is 33.0 Å². The zero-order valence-corrected chi connectivity index (χ0v) is 16.8. The minimum atomic E-state index is -3.20. The van der Waals surface area contributed by atoms with E-state index in [1.807, 2.05) is 30.3 Å². The molecule has 0 fully saturated rings. The van der Waals surface area contributed by atoms with E-state index in [-0.39, 0.29) is 11.7 Å². The lowest BCUT2D eigenvalue weighted by atomic mass is 9.99. The number of nitrogens with zero attached hydrogens (tertiary/aromatic N) is 2. The first-order valence-electron chi connectivity index (χ1n) is 9.64. The lowest BCUT2D eigenvalue weighted by Crippen LogP contribution is -2.37. The van der Waals surface area contributed by atoms with E-state index in [1.165, 1.54) is 15.4 Å². The van der Waals surface area contributed by atoms with E-state index >= 15 is 0 Å². The summed E-state index contributed by atoms with van der Waals surface area (Å²) in [6, 6.07) is 14.0. The van der Waals surface area contributed by atoms with E-state index < -0.39 is 10.0 Å². The van der Waals surface area contributed by atoms with Crippen molar-refractivity contribution in [1.82, 2.24) is 9.21 Å². The van der Waals surface area contributed by atoms with Gasteiger partial charge in [0.2, 0.25) is 15.9 Å². The molecule has 2 aromatic rings. The number of nitrogens with one attached hydrogen (secondary N) is 1. The Morgan fingerprint density at radius 3 is 2.36 bits per heavy atom. The molecule has 0 saturated heterocycles. The lowest BCUT2D eigenvalue weighted by molar-refractivity contribution is -0.117. The molecule has 0 bridgehead atoms. The Morgan fingerprint density at radius 1 is 1.00 bits per heavy atom. The molecule has 4 rings (SSSR count). The van der Waals surface area contributed by atoms with Gasteiger partial charge in [-0.2, -0.15) is 4.31 Å². The molecule has 0 aliphatic carbocycles. The van der Waals surface area contributed by atoms with Gasteiger partial charge in [-0.25, -0.2) is 8.42 Å². The summed E-state index contributed by atoms with van der Waals surface area (Å²) < 4.78 is 25.9. The second-order valence-electron chi connectivity index (χ2n) is 7.39. The van der Waals surface area contributed by atoms with Crippen LogP contribution in [0.4, 0.5) is 5.69 Å². The third kappa shape index (κ3) is 3.83. The van der Waals surface area contributed by atoms with E-state index in [0.29, 0.717) is 26.1 Å². The number of benzene rings is 2. The summed E-state index contributed by atoms with van der Waals surface area (Å²) >= 11 is 0. The molecule has 7 heteroatoms. The first-order valence-corrected chi connectivity index (χ1v) is 11.2. The van der Waals surface area contributed by atoms with E-state index in [1.54, 1.807) is 6.92 Å². The van der Waals surface area contributed by atoms with Crippen LogP contribution < -0.4 is 5.32 Å². The first-order chi connectivity index (χ1) is 13.5. The van der Waals surface area contributed by atoms with E-state index in [2.05, 4.69) is 22.3 Å². The summed E-state index contributed by atoms with van der Waals surface area (Å²) in [5, 5.41) is 3.04. The van der Waals surface area contributed by atoms with Gasteiger partial charge >= 0.3 is 0 Å². The Bertz CT molecular complexity index is 979. The molecule has 28 heavy (non-hydrogen) atoms. The summed E-state index contributed by atoms with van der Waals surface area (Å²) in [6.07, 6.45) is 0.611. The van der Waals surface area contributed by atoms with Crippen LogP contribution in [0.1, 0.15) is 29.2 Å². The number of carbonyl (C=O) groups is 1. The van der Waals surface area contributed by atoms with Crippen molar-refractivity contribution in [3.05, 3.63) is 64.7 Å². The zero-order chi connectivity index (χ0) is 19.7. The monoisotopic (exact) mass is 399 g/mol. The molecule has 2 aliphatic heterocycles. The van der Waals surface area contributed by atoms with E-state index in [4.69, 9.17) is 0 Å². The second-order valence-corrected chi connectivity index (χ2v) is 9.65. The molecule has 0 saturated carbocycles. The number of amides is 1. The van der Waals surface area contributed by atoms with Crippen molar-refractivity contribution in [2.24, 2.45) is 0 Å². The number of rotatable bonds is 5. The van der Waals surface area contributed by atoms with Crippen molar-refractivity contribution >= 4 is 21.6 Å². The van der Waals surface area contributed by atoms with Gasteiger partial charge in [0.1, 0.15) is 0 Å². The first kappa shape index (κ1) is 19.1. The van der Waals surface area contributed by atoms with Crippen LogP contribution in [0.5, 0.6) is 0 Å². The van der Waals surface area contributed by atoms with Crippen LogP contribution in [0.2, 0.25) is 0 Å². The minimum Gasteiger partial charge on any atom is -0.325 e. The average molecular weight is 400 g/mol. The van der Waals surface area contributed by atoms with Crippen LogP contribution in [-0.2, 0) is 40.9 Å². The fourth-order valence-corrected chi connectivity index (χ4v) is 5.10. The van der Waals surface area contributed by atoms with Crippen LogP contribution in [0.15, 0.2) is 42.5 Å². The summed E-state index contributed by atoms with van der Waals surface area (Å²) in [5.41, 5.74) is 5.37. The van der Waals surface area contributed by atoms with Crippen molar-refractivity contribution < 1.29 is 13.2 Å². The van der Waals surface area contributed by atoms with Crippen LogP contribution in [0.25, 0.3) is 0 Å². The smallest absolute Gasteiger partial charge is 0.238 e. The maximum absolute atomic E-state index is 12.6. The number of sulfonamides is 1. The lowest BCUT2D eigenvalue weighted by Gasteiger charge is -2.29. The minimum absolute atomic E-state index is 0.0372. The Kier molecular flexibility index (Phi) is 5.23. The molecule has 0 unspecified atom stereocenters. The Balaban J connectivity index is 1.42. The standard InChI is InChI=1S/C21H25N3O3S/c1-2-28(26,27)24-11-10-19-18(14-24)8-5-9-20(19)22-21(25)15-23-12-16-6-3-4-7-17(16)13-23/h3-9H,2,10-15H2,1H3,(H,22,25). The number of hydrogen-bond donors (Lipinski definition) is 1. The van der Waals surface area contributed by atoms with E-state index in [0.717, 1.165) is 29.9 Å². The normalized spacial score (nSPS) is 17.2. The summed E-state index contributed by atoms with van der Waals surface area (Å²) in [4.78, 5) is 14.7. The molecule has 2 aliphatic rings. The molecule has 0 radical (unpaired) electrons. The topological polar surface area (TPSA) is 69.7 Å². The van der Waals surface area contributed by atoms with Gasteiger partial charge in [0.15, 0.2) is 0 Å². The zero-order valence-electron chi connectivity index (χ0n) is 16.0. The number of carbonyl (C=O) groups excluding carboxylic acids is 1. The summed E-state index contributed by atoms with van der Waals surface area (Å²) in [7, 11) is -3.20. The predicted octanol–water partition coefficient (Wildman–Crippen LogP) is 2.35. The largest absolute Gasteiger partial charge is 0.325 e. The van der Waals surface area contributed by atoms with Crippen LogP contribution >= 0.6 is 0 Å². The molecule has 0 atom stereocenters. The third-order valence-corrected chi connectivity index (χ3v) is 7.36. The highest BCUT2D eigenvalue weighted by Crippen LogP contribution is 2.28. The van der Waals surface area contributed by atoms with Gasteiger partial charge in [-0.1, -0.05) is 36.4 Å². The quantitative estimate of drug-likeness (QED) is 0.838. The van der Waals surface area contributed by atoms with Crippen molar-refractivity contribution in [2.75, 3.05) is 24.2 Å². The van der Waals surface area contributed by atoms with Crippen LogP contribution in [0.3, 0.4) is 0 Å². The molecule has 1 N–H and O–H groups in total. The SMILES string of the molecule is CCS(=O)(=O)N1CCc2c(cccc2NC(=O)CN2Cc3ccccc3C2)C1. The number of hydrogen-bond acceptors (Lipinski definition) is 4. The molecular weight excluding hydrogens is 374 g/mol. The predicted molar refractivity (Wildman–Crippen MR) is 109 cm³/mol. The fourth-order valence-electron chi connectivity index (χ4n) is 4.03. The van der Waals surface area contributed by atoms with Gasteiger partial charge in [0.25, 0.3) is 0 Å². The van der Waals surface area contributed by atoms with Gasteiger partial charge in [-0.15, -0.1) is 0 Å². The number of anilines is 1. The fraction of sp³-hybridized carbons (Fsp3) is 0.381. The van der Waals surface area contributed by atoms with Gasteiger partial charge in [-0.05, 0) is 41.7 Å². The number of fused-ring (bicyclic) bond motifs is 2. The van der Waals surface area contributed by atoms with Gasteiger partial charge < -0.3 is 5.32 Å². The highest BCUT2D eigenvalue weighted by Gasteiger charge is 2.27. The highest BCUT2D eigenvalue weighted by atomic mass is 32.2. The Hall–Kier alpha value is -2.22. The van der Waals surface area contributed by atoms with Gasteiger partial charge in [0.05, 0.1) is 12.3 Å². The second kappa shape index (κ2) is 7.66. The van der Waals surface area contributed by atoms with Gasteiger partial charge in [-0.3, -0.25) is 9.69 Å². The van der Waals surface area contributed by atoms with Gasteiger partial charge in [0, 0.05) is 31.9 Å². The highest BCUT2D eigenvalue weighted by molar-refractivity contribution is 7.89.